The summed E-state index contributed by atoms with van der Waals surface area (Å²) in [6.45, 7) is 3.49. The molecule has 0 unspecified atom stereocenters. The van der Waals surface area contributed by atoms with Crippen molar-refractivity contribution in [3.63, 3.8) is 0 Å². The van der Waals surface area contributed by atoms with Crippen molar-refractivity contribution in [2.45, 2.75) is 18.7 Å². The number of nitrogens with zero attached hydrogens (tertiary/aromatic N) is 1. The Hall–Kier alpha value is -2.28. The minimum Gasteiger partial charge on any atom is -0.496 e. The number of anilines is 1. The smallest absolute Gasteiger partial charge is 0.262 e. The van der Waals surface area contributed by atoms with E-state index in [1.165, 1.54) is 22.9 Å². The van der Waals surface area contributed by atoms with E-state index < -0.39 is 10.0 Å². The van der Waals surface area contributed by atoms with Crippen LogP contribution in [0.15, 0.2) is 40.2 Å². The predicted octanol–water partition coefficient (Wildman–Crippen LogP) is 1.81. The molecule has 0 saturated carbocycles. The minimum atomic E-state index is -3.74. The van der Waals surface area contributed by atoms with Crippen molar-refractivity contribution in [2.24, 2.45) is 7.05 Å². The Balaban J connectivity index is 2.44. The molecule has 1 aromatic carbocycles. The van der Waals surface area contributed by atoms with Crippen molar-refractivity contribution < 1.29 is 13.2 Å². The highest BCUT2D eigenvalue weighted by Gasteiger charge is 2.19. The molecule has 0 radical (unpaired) electrons. The molecule has 7 heteroatoms. The molecule has 22 heavy (non-hydrogen) atoms. The second-order valence-corrected chi connectivity index (χ2v) is 6.71. The van der Waals surface area contributed by atoms with E-state index >= 15 is 0 Å². The maximum absolute atomic E-state index is 12.5. The molecule has 0 aliphatic rings. The summed E-state index contributed by atoms with van der Waals surface area (Å²) in [5, 5.41) is 0. The highest BCUT2D eigenvalue weighted by molar-refractivity contribution is 7.92. The summed E-state index contributed by atoms with van der Waals surface area (Å²) in [5.74, 6) is 0.638. The fourth-order valence-electron chi connectivity index (χ4n) is 2.14. The van der Waals surface area contributed by atoms with Crippen LogP contribution in [0.25, 0.3) is 0 Å². The molecule has 0 saturated heterocycles. The third-order valence-electron chi connectivity index (χ3n) is 3.32. The standard InChI is InChI=1S/C15H18N2O4S/c1-10-8-14(11(2)7-13(10)21-4)22(19,20)16-12-5-6-15(18)17(3)9-12/h5-9,16H,1-4H3. The van der Waals surface area contributed by atoms with Gasteiger partial charge in [0.2, 0.25) is 5.56 Å². The fourth-order valence-corrected chi connectivity index (χ4v) is 3.49. The molecular weight excluding hydrogens is 304 g/mol. The van der Waals surface area contributed by atoms with Crippen molar-refractivity contribution in [1.82, 2.24) is 4.57 Å². The first-order chi connectivity index (χ1) is 10.2. The van der Waals surface area contributed by atoms with Gasteiger partial charge < -0.3 is 9.30 Å². The van der Waals surface area contributed by atoms with E-state index in [1.54, 1.807) is 40.1 Å². The number of nitrogens with one attached hydrogen (secondary N) is 1. The van der Waals surface area contributed by atoms with Gasteiger partial charge >= 0.3 is 0 Å². The van der Waals surface area contributed by atoms with Gasteiger partial charge in [-0.1, -0.05) is 0 Å². The van der Waals surface area contributed by atoms with E-state index in [1.807, 2.05) is 0 Å². The summed E-state index contributed by atoms with van der Waals surface area (Å²) in [4.78, 5) is 11.5. The van der Waals surface area contributed by atoms with Gasteiger partial charge in [-0.3, -0.25) is 9.52 Å². The van der Waals surface area contributed by atoms with Gasteiger partial charge in [-0.2, -0.15) is 0 Å². The van der Waals surface area contributed by atoms with E-state index in [0.29, 0.717) is 17.0 Å². The molecule has 2 aromatic rings. The zero-order valence-electron chi connectivity index (χ0n) is 12.9. The van der Waals surface area contributed by atoms with Crippen LogP contribution < -0.4 is 15.0 Å². The van der Waals surface area contributed by atoms with Crippen molar-refractivity contribution >= 4 is 15.7 Å². The molecule has 6 nitrogen and oxygen atoms in total. The molecule has 2 rings (SSSR count). The minimum absolute atomic E-state index is 0.180. The number of aromatic nitrogens is 1. The van der Waals surface area contributed by atoms with Crippen LogP contribution in [-0.4, -0.2) is 20.1 Å². The van der Waals surface area contributed by atoms with Crippen molar-refractivity contribution in [2.75, 3.05) is 11.8 Å². The molecule has 0 bridgehead atoms. The van der Waals surface area contributed by atoms with Gasteiger partial charge in [0.15, 0.2) is 0 Å². The van der Waals surface area contributed by atoms with Crippen LogP contribution in [0.2, 0.25) is 0 Å². The first kappa shape index (κ1) is 16.1. The van der Waals surface area contributed by atoms with Gasteiger partial charge in [0.25, 0.3) is 10.0 Å². The Morgan fingerprint density at radius 3 is 2.41 bits per heavy atom. The van der Waals surface area contributed by atoms with Gasteiger partial charge in [-0.05, 0) is 43.2 Å². The fraction of sp³-hybridized carbons (Fsp3) is 0.267. The number of ether oxygens (including phenoxy) is 1. The van der Waals surface area contributed by atoms with Crippen LogP contribution in [0.5, 0.6) is 5.75 Å². The number of pyridine rings is 1. The van der Waals surface area contributed by atoms with Gasteiger partial charge in [0.05, 0.1) is 17.7 Å². The SMILES string of the molecule is COc1cc(C)c(S(=O)(=O)Nc2ccc(=O)n(C)c2)cc1C. The van der Waals surface area contributed by atoms with Crippen molar-refractivity contribution in [3.05, 3.63) is 51.9 Å². The maximum atomic E-state index is 12.5. The lowest BCUT2D eigenvalue weighted by molar-refractivity contribution is 0.411. The van der Waals surface area contributed by atoms with E-state index in [2.05, 4.69) is 4.72 Å². The van der Waals surface area contributed by atoms with Crippen LogP contribution in [0.3, 0.4) is 0 Å². The van der Waals surface area contributed by atoms with Crippen LogP contribution in [0.4, 0.5) is 5.69 Å². The Morgan fingerprint density at radius 2 is 1.82 bits per heavy atom. The van der Waals surface area contributed by atoms with Crippen LogP contribution >= 0.6 is 0 Å². The highest BCUT2D eigenvalue weighted by Crippen LogP contribution is 2.26. The lowest BCUT2D eigenvalue weighted by Gasteiger charge is -2.13. The van der Waals surface area contributed by atoms with E-state index in [9.17, 15) is 13.2 Å². The van der Waals surface area contributed by atoms with E-state index in [0.717, 1.165) is 5.56 Å². The Morgan fingerprint density at radius 1 is 1.14 bits per heavy atom. The molecule has 1 aromatic heterocycles. The number of rotatable bonds is 4. The highest BCUT2D eigenvalue weighted by atomic mass is 32.2. The summed E-state index contributed by atoms with van der Waals surface area (Å²) in [6.07, 6.45) is 1.44. The van der Waals surface area contributed by atoms with Crippen molar-refractivity contribution in [1.29, 1.82) is 0 Å². The van der Waals surface area contributed by atoms with Gasteiger partial charge in [-0.25, -0.2) is 8.42 Å². The third-order valence-corrected chi connectivity index (χ3v) is 4.84. The van der Waals surface area contributed by atoms with Gasteiger partial charge in [-0.15, -0.1) is 0 Å². The molecule has 0 atom stereocenters. The molecular formula is C15H18N2O4S. The monoisotopic (exact) mass is 322 g/mol. The Labute approximate surface area is 129 Å². The molecule has 0 spiro atoms. The topological polar surface area (TPSA) is 77.4 Å². The van der Waals surface area contributed by atoms with Gasteiger partial charge in [0.1, 0.15) is 5.75 Å². The normalized spacial score (nSPS) is 11.3. The Bertz CT molecular complexity index is 870. The summed E-state index contributed by atoms with van der Waals surface area (Å²) < 4.78 is 34.0. The van der Waals surface area contributed by atoms with Crippen LogP contribution in [-0.2, 0) is 17.1 Å². The summed E-state index contributed by atoms with van der Waals surface area (Å²) in [7, 11) is -0.643. The number of benzene rings is 1. The quantitative estimate of drug-likeness (QED) is 0.931. The lowest BCUT2D eigenvalue weighted by atomic mass is 10.1. The predicted molar refractivity (Wildman–Crippen MR) is 85.0 cm³/mol. The molecule has 1 heterocycles. The number of hydrogen-bond donors (Lipinski definition) is 1. The average Bonchev–Trinajstić information content (AvgIpc) is 2.44. The number of aryl methyl sites for hydroxylation is 3. The van der Waals surface area contributed by atoms with Crippen molar-refractivity contribution in [3.8, 4) is 5.75 Å². The first-order valence-corrected chi connectivity index (χ1v) is 8.07. The van der Waals surface area contributed by atoms with Crippen LogP contribution in [0, 0.1) is 13.8 Å². The molecule has 118 valence electrons. The summed E-state index contributed by atoms with van der Waals surface area (Å²) in [6, 6.07) is 6.00. The second kappa shape index (κ2) is 5.84. The molecule has 0 amide bonds. The third kappa shape index (κ3) is 3.14. The summed E-state index contributed by atoms with van der Waals surface area (Å²) in [5.41, 5.74) is 1.43. The molecule has 1 N–H and O–H groups in total. The largest absolute Gasteiger partial charge is 0.496 e. The second-order valence-electron chi connectivity index (χ2n) is 5.06. The maximum Gasteiger partial charge on any atom is 0.262 e. The molecule has 0 aliphatic carbocycles. The average molecular weight is 322 g/mol. The number of hydrogen-bond acceptors (Lipinski definition) is 4. The number of sulfonamides is 1. The van der Waals surface area contributed by atoms with E-state index in [4.69, 9.17) is 4.74 Å². The van der Waals surface area contributed by atoms with E-state index in [-0.39, 0.29) is 10.5 Å². The summed E-state index contributed by atoms with van der Waals surface area (Å²) >= 11 is 0. The Kier molecular flexibility index (Phi) is 4.27. The first-order valence-electron chi connectivity index (χ1n) is 6.59. The zero-order valence-corrected chi connectivity index (χ0v) is 13.7. The van der Waals surface area contributed by atoms with Crippen LogP contribution in [0.1, 0.15) is 11.1 Å². The zero-order chi connectivity index (χ0) is 16.5. The van der Waals surface area contributed by atoms with Gasteiger partial charge in [0, 0.05) is 19.3 Å². The molecule has 0 fully saturated rings. The lowest BCUT2D eigenvalue weighted by Crippen LogP contribution is -2.19. The number of methoxy groups -OCH3 is 1. The molecule has 0 aliphatic heterocycles.